The number of aromatic nitrogens is 2. The summed E-state index contributed by atoms with van der Waals surface area (Å²) in [7, 11) is 2.07. The molecule has 1 fully saturated rings. The van der Waals surface area contributed by atoms with Gasteiger partial charge < -0.3 is 25.8 Å². The average molecular weight is 495 g/mol. The lowest BCUT2D eigenvalue weighted by molar-refractivity contribution is 0.0894. The van der Waals surface area contributed by atoms with Crippen LogP contribution in [0.15, 0.2) is 24.3 Å². The Bertz CT molecular complexity index is 1160. The number of carbonyl (C=O) groups excluding carboxylic acids is 2. The lowest BCUT2D eigenvalue weighted by Crippen LogP contribution is -2.51. The van der Waals surface area contributed by atoms with E-state index >= 15 is 0 Å². The maximum absolute atomic E-state index is 12.8. The van der Waals surface area contributed by atoms with E-state index in [-0.39, 0.29) is 36.3 Å². The quantitative estimate of drug-likeness (QED) is 0.445. The minimum Gasteiger partial charge on any atom is -0.351 e. The number of rotatable bonds is 4. The van der Waals surface area contributed by atoms with Crippen molar-refractivity contribution in [1.29, 1.82) is 0 Å². The van der Waals surface area contributed by atoms with Crippen LogP contribution < -0.4 is 16.0 Å². The fourth-order valence-corrected chi connectivity index (χ4v) is 5.38. The van der Waals surface area contributed by atoms with E-state index in [4.69, 9.17) is 11.6 Å². The van der Waals surface area contributed by atoms with Gasteiger partial charge in [0.25, 0.3) is 11.8 Å². The number of nitrogens with zero attached hydrogens (tertiary/aromatic N) is 2. The Morgan fingerprint density at radius 3 is 2.72 bits per heavy atom. The maximum atomic E-state index is 12.8. The van der Waals surface area contributed by atoms with Crippen molar-refractivity contribution in [2.75, 3.05) is 26.7 Å². The molecule has 0 aliphatic carbocycles. The van der Waals surface area contributed by atoms with E-state index < -0.39 is 0 Å². The molecule has 5 rings (SSSR count). The van der Waals surface area contributed by atoms with Gasteiger partial charge in [0.1, 0.15) is 5.69 Å². The van der Waals surface area contributed by atoms with Crippen LogP contribution in [-0.4, -0.2) is 65.4 Å². The molecular formula is C21H24Cl2N6O2S. The Labute approximate surface area is 200 Å². The zero-order valence-electron chi connectivity index (χ0n) is 17.4. The molecule has 32 heavy (non-hydrogen) atoms. The number of nitrogens with one attached hydrogen (secondary N) is 4. The number of thiazole rings is 1. The monoisotopic (exact) mass is 494 g/mol. The number of halogens is 2. The van der Waals surface area contributed by atoms with E-state index in [1.54, 1.807) is 12.1 Å². The van der Waals surface area contributed by atoms with Crippen LogP contribution in [0.3, 0.4) is 0 Å². The summed E-state index contributed by atoms with van der Waals surface area (Å²) >= 11 is 7.49. The number of likely N-dealkylation sites (N-methyl/N-ethyl adjacent to an activating group) is 1. The minimum absolute atomic E-state index is 0. The predicted molar refractivity (Wildman–Crippen MR) is 128 cm³/mol. The van der Waals surface area contributed by atoms with Gasteiger partial charge in [-0.05, 0) is 31.3 Å². The van der Waals surface area contributed by atoms with Gasteiger partial charge in [-0.25, -0.2) is 4.98 Å². The third-order valence-corrected chi connectivity index (χ3v) is 7.11. The van der Waals surface area contributed by atoms with Gasteiger partial charge in [0.15, 0.2) is 5.01 Å². The largest absolute Gasteiger partial charge is 0.351 e. The summed E-state index contributed by atoms with van der Waals surface area (Å²) in [5, 5.41) is 11.3. The highest BCUT2D eigenvalue weighted by molar-refractivity contribution is 7.13. The first kappa shape index (κ1) is 23.0. The number of fused-ring (bicyclic) bond motifs is 2. The minimum atomic E-state index is -0.216. The first-order chi connectivity index (χ1) is 15.0. The van der Waals surface area contributed by atoms with Crippen molar-refractivity contribution in [1.82, 2.24) is 30.8 Å². The van der Waals surface area contributed by atoms with E-state index in [0.29, 0.717) is 28.8 Å². The molecule has 2 atom stereocenters. The van der Waals surface area contributed by atoms with Crippen LogP contribution in [0, 0.1) is 0 Å². The number of hydrogen-bond acceptors (Lipinski definition) is 6. The van der Waals surface area contributed by atoms with Gasteiger partial charge in [0.05, 0.1) is 17.8 Å². The Morgan fingerprint density at radius 1 is 1.19 bits per heavy atom. The molecule has 2 aliphatic heterocycles. The maximum Gasteiger partial charge on any atom is 0.280 e. The van der Waals surface area contributed by atoms with Crippen molar-refractivity contribution in [2.24, 2.45) is 0 Å². The fourth-order valence-electron chi connectivity index (χ4n) is 4.10. The van der Waals surface area contributed by atoms with Gasteiger partial charge in [0.2, 0.25) is 0 Å². The number of hydrogen-bond donors (Lipinski definition) is 4. The summed E-state index contributed by atoms with van der Waals surface area (Å²) < 4.78 is 0. The molecule has 8 nitrogen and oxygen atoms in total. The lowest BCUT2D eigenvalue weighted by atomic mass is 10.1. The van der Waals surface area contributed by atoms with E-state index in [1.807, 2.05) is 12.1 Å². The molecule has 3 aromatic rings. The van der Waals surface area contributed by atoms with Gasteiger partial charge in [-0.15, -0.1) is 23.7 Å². The summed E-state index contributed by atoms with van der Waals surface area (Å²) in [4.78, 5) is 36.7. The van der Waals surface area contributed by atoms with Crippen molar-refractivity contribution in [2.45, 2.75) is 25.0 Å². The Hall–Kier alpha value is -2.17. The molecule has 2 amide bonds. The van der Waals surface area contributed by atoms with Crippen LogP contribution in [0.25, 0.3) is 10.9 Å². The molecule has 11 heteroatoms. The van der Waals surface area contributed by atoms with E-state index in [2.05, 4.69) is 37.9 Å². The van der Waals surface area contributed by atoms with Crippen LogP contribution in [0.4, 0.5) is 0 Å². The Kier molecular flexibility index (Phi) is 6.73. The van der Waals surface area contributed by atoms with Crippen LogP contribution in [0.5, 0.6) is 0 Å². The van der Waals surface area contributed by atoms with E-state index in [1.165, 1.54) is 11.3 Å². The molecule has 0 saturated carbocycles. The molecule has 2 aliphatic rings. The summed E-state index contributed by atoms with van der Waals surface area (Å²) in [6.45, 7) is 2.97. The third kappa shape index (κ3) is 4.62. The molecule has 0 radical (unpaired) electrons. The van der Waals surface area contributed by atoms with Crippen LogP contribution >= 0.6 is 35.3 Å². The highest BCUT2D eigenvalue weighted by atomic mass is 35.5. The first-order valence-corrected chi connectivity index (χ1v) is 11.4. The molecule has 0 bridgehead atoms. The smallest absolute Gasteiger partial charge is 0.280 e. The summed E-state index contributed by atoms with van der Waals surface area (Å²) in [5.74, 6) is -0.400. The van der Waals surface area contributed by atoms with Crippen molar-refractivity contribution in [3.05, 3.63) is 50.6 Å². The molecule has 1 aromatic carbocycles. The predicted octanol–water partition coefficient (Wildman–Crippen LogP) is 2.19. The van der Waals surface area contributed by atoms with Crippen LogP contribution in [0.1, 0.15) is 30.9 Å². The number of aromatic amines is 1. The third-order valence-electron chi connectivity index (χ3n) is 5.79. The molecule has 4 heterocycles. The molecule has 4 N–H and O–H groups in total. The van der Waals surface area contributed by atoms with E-state index in [0.717, 1.165) is 41.0 Å². The summed E-state index contributed by atoms with van der Waals surface area (Å²) in [5.41, 5.74) is 2.34. The van der Waals surface area contributed by atoms with Crippen molar-refractivity contribution >= 4 is 58.1 Å². The second kappa shape index (κ2) is 9.36. The fraction of sp³-hybridized carbons (Fsp3) is 0.381. The summed E-state index contributed by atoms with van der Waals surface area (Å²) in [6.07, 6.45) is 0.870. The zero-order valence-corrected chi connectivity index (χ0v) is 19.8. The molecule has 1 saturated heterocycles. The van der Waals surface area contributed by atoms with Crippen LogP contribution in [-0.2, 0) is 13.0 Å². The van der Waals surface area contributed by atoms with Gasteiger partial charge >= 0.3 is 0 Å². The second-order valence-corrected chi connectivity index (χ2v) is 9.63. The highest BCUT2D eigenvalue weighted by Gasteiger charge is 2.31. The Balaban J connectivity index is 0.00000245. The number of H-pyrrole nitrogens is 1. The standard InChI is InChI=1S/C21H23ClN6O2S.ClH/c1-28-5-4-14-18(10-28)31-21(27-14)20(30)26-17-9-23-8-16(17)25-19(29)15-7-11-6-12(22)2-3-13(11)24-15;/h2-3,6-7,16-17,23-24H,4-5,8-10H2,1H3,(H,25,29)(H,26,30);1H/t16-,17+;/m0./s1. The molecule has 170 valence electrons. The highest BCUT2D eigenvalue weighted by Crippen LogP contribution is 2.25. The van der Waals surface area contributed by atoms with Gasteiger partial charge in [0, 0.05) is 53.4 Å². The topological polar surface area (TPSA) is 102 Å². The molecule has 0 spiro atoms. The molecule has 2 aromatic heterocycles. The second-order valence-electron chi connectivity index (χ2n) is 8.11. The van der Waals surface area contributed by atoms with Crippen LogP contribution in [0.2, 0.25) is 5.02 Å². The average Bonchev–Trinajstić information content (AvgIpc) is 3.45. The molecule has 0 unspecified atom stereocenters. The van der Waals surface area contributed by atoms with Gasteiger partial charge in [-0.1, -0.05) is 11.6 Å². The summed E-state index contributed by atoms with van der Waals surface area (Å²) in [6, 6.07) is 6.80. The first-order valence-electron chi connectivity index (χ1n) is 10.2. The Morgan fingerprint density at radius 2 is 1.94 bits per heavy atom. The lowest BCUT2D eigenvalue weighted by Gasteiger charge is -2.20. The number of carbonyl (C=O) groups is 2. The SMILES string of the molecule is CN1CCc2nc(C(=O)N[C@@H]3CNC[C@@H]3NC(=O)c3cc4cc(Cl)ccc4[nH]3)sc2C1.Cl. The normalized spacial score (nSPS) is 20.6. The zero-order chi connectivity index (χ0) is 21.5. The van der Waals surface area contributed by atoms with Gasteiger partial charge in [-0.3, -0.25) is 9.59 Å². The van der Waals surface area contributed by atoms with Crippen molar-refractivity contribution in [3.63, 3.8) is 0 Å². The molecular weight excluding hydrogens is 471 g/mol. The number of amides is 2. The van der Waals surface area contributed by atoms with Crippen molar-refractivity contribution < 1.29 is 9.59 Å². The van der Waals surface area contributed by atoms with E-state index in [9.17, 15) is 9.59 Å². The van der Waals surface area contributed by atoms with Gasteiger partial charge in [-0.2, -0.15) is 0 Å². The number of benzene rings is 1. The van der Waals surface area contributed by atoms with Crippen molar-refractivity contribution in [3.8, 4) is 0 Å².